The maximum absolute atomic E-state index is 2.23. The summed E-state index contributed by atoms with van der Waals surface area (Å²) in [7, 11) is 8.65. The van der Waals surface area contributed by atoms with E-state index in [1.165, 1.54) is 27.8 Å². The van der Waals surface area contributed by atoms with E-state index in [9.17, 15) is 0 Å². The van der Waals surface area contributed by atoms with Gasteiger partial charge in [-0.2, -0.15) is 4.57 Å². The molecule has 1 heterocycles. The Labute approximate surface area is 138 Å². The average molecular weight is 304 g/mol. The fourth-order valence-corrected chi connectivity index (χ4v) is 2.74. The molecule has 0 atom stereocenters. The highest BCUT2D eigenvalue weighted by Crippen LogP contribution is 2.18. The van der Waals surface area contributed by atoms with Crippen LogP contribution in [0.4, 0.5) is 5.69 Å². The second kappa shape index (κ2) is 5.98. The van der Waals surface area contributed by atoms with Gasteiger partial charge in [-0.05, 0) is 48.0 Å². The van der Waals surface area contributed by atoms with Crippen LogP contribution < -0.4 is 9.05 Å². The highest BCUT2D eigenvalue weighted by Gasteiger charge is 2.11. The number of benzene rings is 2. The average Bonchev–Trinajstić information content (AvgIpc) is 2.54. The Kier molecular flexibility index (Phi) is 4.01. The van der Waals surface area contributed by atoms with Gasteiger partial charge in [-0.3, -0.25) is 4.48 Å². The summed E-state index contributed by atoms with van der Waals surface area (Å²) in [6.45, 7) is 0. The van der Waals surface area contributed by atoms with E-state index in [0.717, 1.165) is 4.48 Å². The molecule has 0 saturated heterocycles. The monoisotopic (exact) mass is 304 g/mol. The quantitative estimate of drug-likeness (QED) is 0.508. The smallest absolute Gasteiger partial charge is 0.212 e. The van der Waals surface area contributed by atoms with Crippen LogP contribution in [0.15, 0.2) is 60.7 Å². The van der Waals surface area contributed by atoms with E-state index in [4.69, 9.17) is 0 Å². The van der Waals surface area contributed by atoms with Crippen LogP contribution in [0.2, 0.25) is 0 Å². The minimum absolute atomic E-state index is 0.837. The van der Waals surface area contributed by atoms with Gasteiger partial charge in [0.15, 0.2) is 0 Å². The summed E-state index contributed by atoms with van der Waals surface area (Å²) in [6, 6.07) is 21.5. The molecule has 0 radical (unpaired) electrons. The summed E-state index contributed by atoms with van der Waals surface area (Å²) in [4.78, 5) is 0. The van der Waals surface area contributed by atoms with E-state index in [-0.39, 0.29) is 0 Å². The molecule has 0 spiro atoms. The van der Waals surface area contributed by atoms with Crippen LogP contribution in [0.5, 0.6) is 0 Å². The molecule has 2 heteroatoms. The molecule has 0 unspecified atom stereocenters. The van der Waals surface area contributed by atoms with Gasteiger partial charge >= 0.3 is 0 Å². The molecule has 0 amide bonds. The van der Waals surface area contributed by atoms with Crippen LogP contribution in [0.3, 0.4) is 0 Å². The topological polar surface area (TPSA) is 3.88 Å². The number of nitrogens with zero attached hydrogens (tertiary/aromatic N) is 2. The minimum atomic E-state index is 0.837. The normalized spacial score (nSPS) is 12.2. The third-order valence-electron chi connectivity index (χ3n) is 4.23. The van der Waals surface area contributed by atoms with Gasteiger partial charge in [0, 0.05) is 23.6 Å². The van der Waals surface area contributed by atoms with Crippen molar-refractivity contribution in [1.29, 1.82) is 0 Å². The van der Waals surface area contributed by atoms with E-state index in [0.29, 0.717) is 0 Å². The zero-order valence-corrected chi connectivity index (χ0v) is 14.3. The lowest BCUT2D eigenvalue weighted by Gasteiger charge is -2.23. The van der Waals surface area contributed by atoms with Crippen molar-refractivity contribution in [1.82, 2.24) is 4.48 Å². The standard InChI is InChI=1S/C21H24N2/c1-22-19(14-12-18-7-5-6-8-21(18)22)13-9-17-10-15-20(16-11-17)23(2,3)4/h5-16H,1-4H3/q+2/b13-9+. The minimum Gasteiger partial charge on any atom is -0.298 e. The van der Waals surface area contributed by atoms with Crippen LogP contribution >= 0.6 is 0 Å². The Morgan fingerprint density at radius 2 is 1.48 bits per heavy atom. The molecule has 0 aliphatic carbocycles. The molecule has 3 aromatic rings. The van der Waals surface area contributed by atoms with E-state index < -0.39 is 0 Å². The third kappa shape index (κ3) is 3.33. The first kappa shape index (κ1) is 15.4. The molecular formula is C21H24N2+2. The summed E-state index contributed by atoms with van der Waals surface area (Å²) in [5.41, 5.74) is 4.96. The molecule has 3 rings (SSSR count). The van der Waals surface area contributed by atoms with E-state index >= 15 is 0 Å². The van der Waals surface area contributed by atoms with Gasteiger partial charge in [0.25, 0.3) is 0 Å². The Morgan fingerprint density at radius 3 is 2.17 bits per heavy atom. The van der Waals surface area contributed by atoms with Crippen molar-refractivity contribution in [3.8, 4) is 0 Å². The van der Waals surface area contributed by atoms with Crippen molar-refractivity contribution >= 4 is 28.7 Å². The van der Waals surface area contributed by atoms with Crippen LogP contribution in [-0.2, 0) is 7.05 Å². The first-order valence-electron chi connectivity index (χ1n) is 7.93. The third-order valence-corrected chi connectivity index (χ3v) is 4.23. The molecule has 116 valence electrons. The summed E-state index contributed by atoms with van der Waals surface area (Å²) >= 11 is 0. The van der Waals surface area contributed by atoms with Crippen molar-refractivity contribution in [2.24, 2.45) is 7.05 Å². The number of rotatable bonds is 3. The molecule has 0 fully saturated rings. The van der Waals surface area contributed by atoms with Crippen molar-refractivity contribution < 1.29 is 4.57 Å². The van der Waals surface area contributed by atoms with E-state index in [2.05, 4.69) is 106 Å². The molecule has 0 saturated carbocycles. The van der Waals surface area contributed by atoms with Gasteiger partial charge in [0.1, 0.15) is 12.7 Å². The Bertz CT molecular complexity index is 853. The molecule has 1 aromatic heterocycles. The summed E-state index contributed by atoms with van der Waals surface area (Å²) in [6.07, 6.45) is 4.34. The van der Waals surface area contributed by atoms with Crippen LogP contribution in [-0.4, -0.2) is 21.1 Å². The van der Waals surface area contributed by atoms with Gasteiger partial charge in [-0.25, -0.2) is 0 Å². The maximum atomic E-state index is 2.23. The molecule has 0 aliphatic heterocycles. The number of hydrogen-bond acceptors (Lipinski definition) is 0. The first-order valence-corrected chi connectivity index (χ1v) is 7.93. The second-order valence-corrected chi connectivity index (χ2v) is 6.81. The second-order valence-electron chi connectivity index (χ2n) is 6.81. The SMILES string of the molecule is C[n+]1c(/C=C/c2ccc([N+](C)(C)C)cc2)ccc2ccccc21. The lowest BCUT2D eigenvalue weighted by Crippen LogP contribution is -2.34. The largest absolute Gasteiger partial charge is 0.298 e. The maximum Gasteiger partial charge on any atom is 0.212 e. The number of pyridine rings is 1. The fourth-order valence-electron chi connectivity index (χ4n) is 2.74. The van der Waals surface area contributed by atoms with Gasteiger partial charge in [-0.15, -0.1) is 0 Å². The Hall–Kier alpha value is -2.45. The lowest BCUT2D eigenvalue weighted by atomic mass is 10.1. The molecule has 2 aromatic carbocycles. The number of aromatic nitrogens is 1. The summed E-state index contributed by atoms with van der Waals surface area (Å²) < 4.78 is 3.07. The summed E-state index contributed by atoms with van der Waals surface area (Å²) in [5.74, 6) is 0. The van der Waals surface area contributed by atoms with Gasteiger partial charge in [0.2, 0.25) is 11.2 Å². The molecule has 0 bridgehead atoms. The van der Waals surface area contributed by atoms with Gasteiger partial charge in [-0.1, -0.05) is 12.1 Å². The number of hydrogen-bond donors (Lipinski definition) is 0. The van der Waals surface area contributed by atoms with Crippen LogP contribution in [0, 0.1) is 0 Å². The van der Waals surface area contributed by atoms with Gasteiger partial charge < -0.3 is 0 Å². The lowest BCUT2D eigenvalue weighted by molar-refractivity contribution is -0.646. The van der Waals surface area contributed by atoms with Gasteiger partial charge in [0.05, 0.1) is 21.1 Å². The number of fused-ring (bicyclic) bond motifs is 1. The molecule has 0 aliphatic rings. The van der Waals surface area contributed by atoms with Crippen LogP contribution in [0.1, 0.15) is 11.3 Å². The van der Waals surface area contributed by atoms with Crippen molar-refractivity contribution in [3.05, 3.63) is 71.9 Å². The first-order chi connectivity index (χ1) is 10.9. The van der Waals surface area contributed by atoms with E-state index in [1.807, 2.05) is 0 Å². The predicted molar refractivity (Wildman–Crippen MR) is 100 cm³/mol. The number of aryl methyl sites for hydroxylation is 1. The zero-order valence-electron chi connectivity index (χ0n) is 14.3. The fraction of sp³-hybridized carbons (Fsp3) is 0.190. The molecule has 0 N–H and O–H groups in total. The molecule has 2 nitrogen and oxygen atoms in total. The Balaban J connectivity index is 1.90. The highest BCUT2D eigenvalue weighted by molar-refractivity contribution is 5.77. The highest BCUT2D eigenvalue weighted by atomic mass is 15.3. The van der Waals surface area contributed by atoms with Crippen molar-refractivity contribution in [3.63, 3.8) is 0 Å². The number of quaternary nitrogens is 1. The Morgan fingerprint density at radius 1 is 0.783 bits per heavy atom. The van der Waals surface area contributed by atoms with E-state index in [1.54, 1.807) is 0 Å². The molecular weight excluding hydrogens is 280 g/mol. The number of para-hydroxylation sites is 1. The van der Waals surface area contributed by atoms with Crippen LogP contribution in [0.25, 0.3) is 23.1 Å². The van der Waals surface area contributed by atoms with Crippen molar-refractivity contribution in [2.75, 3.05) is 21.1 Å². The molecule has 23 heavy (non-hydrogen) atoms. The van der Waals surface area contributed by atoms with Crippen molar-refractivity contribution in [2.45, 2.75) is 0 Å². The zero-order chi connectivity index (χ0) is 16.4. The predicted octanol–water partition coefficient (Wildman–Crippen LogP) is 4.03. The summed E-state index contributed by atoms with van der Waals surface area (Å²) in [5, 5.41) is 1.26.